The van der Waals surface area contributed by atoms with Crippen LogP contribution in [0.3, 0.4) is 0 Å². The van der Waals surface area contributed by atoms with Crippen molar-refractivity contribution in [3.63, 3.8) is 0 Å². The lowest BCUT2D eigenvalue weighted by Gasteiger charge is -2.37. The lowest BCUT2D eigenvalue weighted by atomic mass is 10.2. The van der Waals surface area contributed by atoms with Crippen LogP contribution in [0.5, 0.6) is 5.75 Å². The van der Waals surface area contributed by atoms with Gasteiger partial charge in [-0.05, 0) is 18.6 Å². The molecule has 0 saturated carbocycles. The van der Waals surface area contributed by atoms with E-state index >= 15 is 0 Å². The van der Waals surface area contributed by atoms with Crippen LogP contribution in [0.15, 0.2) is 24.3 Å². The number of aromatic hydroxyl groups is 1. The molecule has 138 valence electrons. The van der Waals surface area contributed by atoms with E-state index in [1.54, 1.807) is 24.1 Å². The molecule has 3 rings (SSSR count). The second-order valence-corrected chi connectivity index (χ2v) is 9.04. The third-order valence-corrected chi connectivity index (χ3v) is 6.85. The molecule has 1 atom stereocenters. The van der Waals surface area contributed by atoms with Crippen LogP contribution in [0.2, 0.25) is 0 Å². The summed E-state index contributed by atoms with van der Waals surface area (Å²) in [5.74, 6) is 0.498. The Morgan fingerprint density at radius 1 is 1.24 bits per heavy atom. The van der Waals surface area contributed by atoms with Gasteiger partial charge in [0.2, 0.25) is 5.91 Å². The van der Waals surface area contributed by atoms with Gasteiger partial charge in [0.25, 0.3) is 0 Å². The minimum Gasteiger partial charge on any atom is -0.506 e. The number of rotatable bonds is 4. The number of amides is 1. The first-order chi connectivity index (χ1) is 11.9. The quantitative estimate of drug-likeness (QED) is 0.817. The highest BCUT2D eigenvalue weighted by molar-refractivity contribution is 7.91. The number of nitrogens with zero attached hydrogens (tertiary/aromatic N) is 3. The number of sulfone groups is 1. The Kier molecular flexibility index (Phi) is 5.19. The maximum absolute atomic E-state index is 12.5. The number of likely N-dealkylation sites (N-methyl/N-ethyl adjacent to an activating group) is 1. The van der Waals surface area contributed by atoms with Gasteiger partial charge in [-0.15, -0.1) is 0 Å². The van der Waals surface area contributed by atoms with Gasteiger partial charge in [0.1, 0.15) is 5.75 Å². The smallest absolute Gasteiger partial charge is 0.236 e. The molecule has 0 radical (unpaired) electrons. The summed E-state index contributed by atoms with van der Waals surface area (Å²) in [6.07, 6.45) is 0.533. The summed E-state index contributed by atoms with van der Waals surface area (Å²) in [7, 11) is -1.29. The van der Waals surface area contributed by atoms with Gasteiger partial charge in [-0.2, -0.15) is 0 Å². The van der Waals surface area contributed by atoms with E-state index in [0.29, 0.717) is 13.0 Å². The number of carbonyl (C=O) groups excluding carboxylic acids is 1. The van der Waals surface area contributed by atoms with E-state index in [9.17, 15) is 18.3 Å². The highest BCUT2D eigenvalue weighted by Gasteiger charge is 2.33. The fourth-order valence-electron chi connectivity index (χ4n) is 3.47. The van der Waals surface area contributed by atoms with Crippen LogP contribution >= 0.6 is 0 Å². The Hall–Kier alpha value is -1.80. The van der Waals surface area contributed by atoms with Crippen LogP contribution in [0.1, 0.15) is 6.42 Å². The molecule has 0 bridgehead atoms. The minimum atomic E-state index is -2.99. The van der Waals surface area contributed by atoms with E-state index < -0.39 is 9.84 Å². The highest BCUT2D eigenvalue weighted by atomic mass is 32.2. The average molecular weight is 367 g/mol. The summed E-state index contributed by atoms with van der Waals surface area (Å²) in [5.41, 5.74) is 0.821. The van der Waals surface area contributed by atoms with Gasteiger partial charge < -0.3 is 14.9 Å². The molecular weight excluding hydrogens is 342 g/mol. The molecule has 0 unspecified atom stereocenters. The summed E-state index contributed by atoms with van der Waals surface area (Å²) in [5, 5.41) is 9.95. The molecule has 8 heteroatoms. The molecule has 1 aromatic carbocycles. The number of phenolic OH excluding ortho intramolecular Hbond substituents is 1. The number of piperazine rings is 1. The van der Waals surface area contributed by atoms with Crippen LogP contribution in [-0.2, 0) is 14.6 Å². The molecule has 2 heterocycles. The molecule has 2 aliphatic rings. The molecule has 1 N–H and O–H groups in total. The standard InChI is InChI=1S/C17H25N3O4S/c1-18(14-6-11-25(23,24)13-14)17(22)12-19-7-9-20(10-8-19)15-4-2-3-5-16(15)21/h2-5,14,21H,6-13H2,1H3/t14-/m0/s1. The van der Waals surface area contributed by atoms with Crippen LogP contribution in [-0.4, -0.2) is 86.6 Å². The number of hydrogen-bond acceptors (Lipinski definition) is 6. The number of phenols is 1. The minimum absolute atomic E-state index is 0.0295. The van der Waals surface area contributed by atoms with E-state index in [4.69, 9.17) is 0 Å². The van der Waals surface area contributed by atoms with E-state index in [0.717, 1.165) is 31.9 Å². The van der Waals surface area contributed by atoms with Gasteiger partial charge in [-0.1, -0.05) is 12.1 Å². The fraction of sp³-hybridized carbons (Fsp3) is 0.588. The lowest BCUT2D eigenvalue weighted by molar-refractivity contribution is -0.132. The SMILES string of the molecule is CN(C(=O)CN1CCN(c2ccccc2O)CC1)[C@H]1CCS(=O)(=O)C1. The molecular formula is C17H25N3O4S. The molecule has 25 heavy (non-hydrogen) atoms. The summed E-state index contributed by atoms with van der Waals surface area (Å²) < 4.78 is 23.2. The van der Waals surface area contributed by atoms with Crippen molar-refractivity contribution in [2.75, 3.05) is 56.2 Å². The molecule has 1 aromatic rings. The van der Waals surface area contributed by atoms with E-state index in [1.807, 2.05) is 12.1 Å². The van der Waals surface area contributed by atoms with Crippen LogP contribution in [0.4, 0.5) is 5.69 Å². The maximum Gasteiger partial charge on any atom is 0.236 e. The summed E-state index contributed by atoms with van der Waals surface area (Å²) >= 11 is 0. The lowest BCUT2D eigenvalue weighted by Crippen LogP contribution is -2.51. The number of carbonyl (C=O) groups is 1. The Bertz CT molecular complexity index is 729. The van der Waals surface area contributed by atoms with Gasteiger partial charge >= 0.3 is 0 Å². The van der Waals surface area contributed by atoms with Gasteiger partial charge in [-0.3, -0.25) is 9.69 Å². The van der Waals surface area contributed by atoms with Crippen LogP contribution < -0.4 is 4.90 Å². The zero-order valence-electron chi connectivity index (χ0n) is 14.5. The Labute approximate surface area is 148 Å². The number of anilines is 1. The van der Waals surface area contributed by atoms with E-state index in [-0.39, 0.29) is 29.2 Å². The second-order valence-electron chi connectivity index (χ2n) is 6.81. The maximum atomic E-state index is 12.5. The average Bonchev–Trinajstić information content (AvgIpc) is 2.95. The van der Waals surface area contributed by atoms with Crippen molar-refractivity contribution in [1.29, 1.82) is 0 Å². The van der Waals surface area contributed by atoms with Crippen molar-refractivity contribution in [1.82, 2.24) is 9.80 Å². The first kappa shape index (κ1) is 18.0. The van der Waals surface area contributed by atoms with Crippen LogP contribution in [0, 0.1) is 0 Å². The zero-order chi connectivity index (χ0) is 18.0. The van der Waals surface area contributed by atoms with Crippen molar-refractivity contribution < 1.29 is 18.3 Å². The van der Waals surface area contributed by atoms with Crippen molar-refractivity contribution in [3.05, 3.63) is 24.3 Å². The Morgan fingerprint density at radius 3 is 2.52 bits per heavy atom. The van der Waals surface area contributed by atoms with Crippen LogP contribution in [0.25, 0.3) is 0 Å². The van der Waals surface area contributed by atoms with Crippen molar-refractivity contribution in [2.45, 2.75) is 12.5 Å². The zero-order valence-corrected chi connectivity index (χ0v) is 15.3. The van der Waals surface area contributed by atoms with Crippen molar-refractivity contribution >= 4 is 21.4 Å². The van der Waals surface area contributed by atoms with Gasteiger partial charge in [-0.25, -0.2) is 8.42 Å². The number of benzene rings is 1. The fourth-order valence-corrected chi connectivity index (χ4v) is 5.24. The molecule has 0 aliphatic carbocycles. The summed E-state index contributed by atoms with van der Waals surface area (Å²) in [4.78, 5) is 18.2. The molecule has 0 aromatic heterocycles. The second kappa shape index (κ2) is 7.21. The monoisotopic (exact) mass is 367 g/mol. The van der Waals surface area contributed by atoms with E-state index in [1.165, 1.54) is 0 Å². The highest BCUT2D eigenvalue weighted by Crippen LogP contribution is 2.27. The predicted octanol–water partition coefficient (Wildman–Crippen LogP) is 0.160. The molecule has 7 nitrogen and oxygen atoms in total. The van der Waals surface area contributed by atoms with Gasteiger partial charge in [0.05, 0.1) is 23.7 Å². The van der Waals surface area contributed by atoms with E-state index in [2.05, 4.69) is 9.80 Å². The van der Waals surface area contributed by atoms with Gasteiger partial charge in [0.15, 0.2) is 9.84 Å². The van der Waals surface area contributed by atoms with Crippen molar-refractivity contribution in [3.8, 4) is 5.75 Å². The molecule has 2 saturated heterocycles. The number of para-hydroxylation sites is 2. The molecule has 2 aliphatic heterocycles. The first-order valence-electron chi connectivity index (χ1n) is 8.57. The first-order valence-corrected chi connectivity index (χ1v) is 10.4. The molecule has 0 spiro atoms. The Morgan fingerprint density at radius 2 is 1.92 bits per heavy atom. The summed E-state index contributed by atoms with van der Waals surface area (Å²) in [6, 6.07) is 7.07. The molecule has 1 amide bonds. The predicted molar refractivity (Wildman–Crippen MR) is 96.6 cm³/mol. The third kappa shape index (κ3) is 4.24. The molecule has 2 fully saturated rings. The largest absolute Gasteiger partial charge is 0.506 e. The topological polar surface area (TPSA) is 81.2 Å². The number of hydrogen-bond donors (Lipinski definition) is 1. The Balaban J connectivity index is 1.50. The van der Waals surface area contributed by atoms with Crippen molar-refractivity contribution in [2.24, 2.45) is 0 Å². The van der Waals surface area contributed by atoms with Gasteiger partial charge in [0, 0.05) is 39.3 Å². The summed E-state index contributed by atoms with van der Waals surface area (Å²) in [6.45, 7) is 3.26. The normalized spacial score (nSPS) is 23.6. The third-order valence-electron chi connectivity index (χ3n) is 5.10.